The van der Waals surface area contributed by atoms with E-state index in [1.54, 1.807) is 6.07 Å². The number of hydrogen-bond donors (Lipinski definition) is 1. The molecule has 1 aromatic carbocycles. The molecule has 2 aromatic rings. The number of nitro groups is 1. The van der Waals surface area contributed by atoms with Crippen LogP contribution in [0.15, 0.2) is 48.7 Å². The number of carboxylic acid groups (broad SMARTS) is 1. The number of carboxylic acids is 1. The number of nitrogens with zero attached hydrogens (tertiary/aromatic N) is 3. The molecule has 0 saturated carbocycles. The van der Waals surface area contributed by atoms with E-state index in [0.29, 0.717) is 31.7 Å². The third-order valence-corrected chi connectivity index (χ3v) is 4.62. The Balaban J connectivity index is 1.78. The largest absolute Gasteiger partial charge is 0.481 e. The summed E-state index contributed by atoms with van der Waals surface area (Å²) in [4.78, 5) is 28.2. The minimum atomic E-state index is -0.890. The van der Waals surface area contributed by atoms with E-state index < -0.39 is 16.3 Å². The number of carbonyl (C=O) groups is 1. The zero-order chi connectivity index (χ0) is 17.2. The first-order valence-electron chi connectivity index (χ1n) is 7.67. The van der Waals surface area contributed by atoms with Crippen molar-refractivity contribution in [3.05, 3.63) is 64.3 Å². The van der Waals surface area contributed by atoms with E-state index in [1.807, 2.05) is 35.2 Å². The molecule has 1 aliphatic rings. The first-order valence-corrected chi connectivity index (χ1v) is 7.67. The van der Waals surface area contributed by atoms with Gasteiger partial charge in [0.15, 0.2) is 0 Å². The topological polar surface area (TPSA) is 96.6 Å². The zero-order valence-electron chi connectivity index (χ0n) is 13.0. The molecular weight excluding hydrogens is 310 g/mol. The fourth-order valence-corrected chi connectivity index (χ4v) is 3.17. The molecule has 1 N–H and O–H groups in total. The summed E-state index contributed by atoms with van der Waals surface area (Å²) >= 11 is 0. The predicted molar refractivity (Wildman–Crippen MR) is 88.1 cm³/mol. The number of anilines is 1. The molecule has 1 saturated heterocycles. The minimum absolute atomic E-state index is 0.0556. The van der Waals surface area contributed by atoms with Crippen molar-refractivity contribution in [2.24, 2.45) is 0 Å². The summed E-state index contributed by atoms with van der Waals surface area (Å²) in [6.07, 6.45) is 2.15. The highest BCUT2D eigenvalue weighted by molar-refractivity contribution is 5.82. The van der Waals surface area contributed by atoms with Crippen LogP contribution < -0.4 is 4.90 Å². The molecule has 0 unspecified atom stereocenters. The number of hydrogen-bond acceptors (Lipinski definition) is 5. The first kappa shape index (κ1) is 15.9. The molecule has 7 heteroatoms. The van der Waals surface area contributed by atoms with Gasteiger partial charge in [0.25, 0.3) is 5.69 Å². The van der Waals surface area contributed by atoms with Gasteiger partial charge in [-0.25, -0.2) is 4.98 Å². The van der Waals surface area contributed by atoms with Gasteiger partial charge in [-0.3, -0.25) is 14.9 Å². The molecular formula is C17H17N3O4. The van der Waals surface area contributed by atoms with Crippen molar-refractivity contribution in [3.8, 4) is 0 Å². The minimum Gasteiger partial charge on any atom is -0.481 e. The van der Waals surface area contributed by atoms with Gasteiger partial charge in [0, 0.05) is 19.2 Å². The molecule has 0 amide bonds. The maximum absolute atomic E-state index is 11.9. The molecule has 2 heterocycles. The van der Waals surface area contributed by atoms with Crippen LogP contribution in [0.5, 0.6) is 0 Å². The Bertz CT molecular complexity index is 738. The normalized spacial score (nSPS) is 16.6. The van der Waals surface area contributed by atoms with Crippen molar-refractivity contribution >= 4 is 17.5 Å². The fourth-order valence-electron chi connectivity index (χ4n) is 3.17. The van der Waals surface area contributed by atoms with Crippen LogP contribution in [-0.2, 0) is 10.2 Å². The molecule has 24 heavy (non-hydrogen) atoms. The second-order valence-corrected chi connectivity index (χ2v) is 5.87. The van der Waals surface area contributed by atoms with Gasteiger partial charge in [-0.15, -0.1) is 0 Å². The van der Waals surface area contributed by atoms with E-state index in [4.69, 9.17) is 0 Å². The van der Waals surface area contributed by atoms with Crippen LogP contribution in [0.25, 0.3) is 0 Å². The smallest absolute Gasteiger partial charge is 0.314 e. The third-order valence-electron chi connectivity index (χ3n) is 4.62. The van der Waals surface area contributed by atoms with Crippen molar-refractivity contribution in [2.45, 2.75) is 18.3 Å². The van der Waals surface area contributed by atoms with Crippen LogP contribution in [-0.4, -0.2) is 34.1 Å². The van der Waals surface area contributed by atoms with Crippen molar-refractivity contribution in [1.82, 2.24) is 4.98 Å². The van der Waals surface area contributed by atoms with E-state index in [0.717, 1.165) is 5.56 Å². The van der Waals surface area contributed by atoms with Gasteiger partial charge < -0.3 is 10.0 Å². The zero-order valence-corrected chi connectivity index (χ0v) is 13.0. The average Bonchev–Trinajstić information content (AvgIpc) is 2.62. The van der Waals surface area contributed by atoms with Gasteiger partial charge in [-0.1, -0.05) is 30.3 Å². The molecule has 1 aromatic heterocycles. The highest BCUT2D eigenvalue weighted by Gasteiger charge is 2.43. The van der Waals surface area contributed by atoms with E-state index in [-0.39, 0.29) is 5.69 Å². The fraction of sp³-hybridized carbons (Fsp3) is 0.294. The number of aromatic nitrogens is 1. The van der Waals surface area contributed by atoms with Crippen molar-refractivity contribution < 1.29 is 14.8 Å². The highest BCUT2D eigenvalue weighted by Crippen LogP contribution is 2.37. The Labute approximate surface area is 138 Å². The molecule has 0 radical (unpaired) electrons. The Kier molecular flexibility index (Phi) is 4.16. The van der Waals surface area contributed by atoms with E-state index in [1.165, 1.54) is 12.3 Å². The lowest BCUT2D eigenvalue weighted by atomic mass is 9.73. The van der Waals surface area contributed by atoms with Gasteiger partial charge in [-0.2, -0.15) is 0 Å². The average molecular weight is 327 g/mol. The summed E-state index contributed by atoms with van der Waals surface area (Å²) in [7, 11) is 0. The number of pyridine rings is 1. The second kappa shape index (κ2) is 6.27. The maximum atomic E-state index is 11.9. The monoisotopic (exact) mass is 327 g/mol. The first-order chi connectivity index (χ1) is 11.5. The number of rotatable bonds is 4. The Morgan fingerprint density at radius 2 is 1.83 bits per heavy atom. The summed E-state index contributed by atoms with van der Waals surface area (Å²) in [5, 5.41) is 20.5. The van der Waals surface area contributed by atoms with Gasteiger partial charge in [0.2, 0.25) is 0 Å². The van der Waals surface area contributed by atoms with E-state index in [2.05, 4.69) is 4.98 Å². The predicted octanol–water partition coefficient (Wildman–Crippen LogP) is 2.61. The molecule has 0 bridgehead atoms. The second-order valence-electron chi connectivity index (χ2n) is 5.87. The lowest BCUT2D eigenvalue weighted by Crippen LogP contribution is -2.47. The summed E-state index contributed by atoms with van der Waals surface area (Å²) in [5.74, 6) is -0.183. The molecule has 0 aliphatic carbocycles. The van der Waals surface area contributed by atoms with Crippen LogP contribution in [0.3, 0.4) is 0 Å². The molecule has 7 nitrogen and oxygen atoms in total. The van der Waals surface area contributed by atoms with E-state index >= 15 is 0 Å². The van der Waals surface area contributed by atoms with Crippen LogP contribution in [0.2, 0.25) is 0 Å². The molecule has 1 aliphatic heterocycles. The van der Waals surface area contributed by atoms with Crippen LogP contribution >= 0.6 is 0 Å². The van der Waals surface area contributed by atoms with Crippen LogP contribution in [0.4, 0.5) is 11.5 Å². The quantitative estimate of drug-likeness (QED) is 0.685. The third kappa shape index (κ3) is 2.80. The van der Waals surface area contributed by atoms with Gasteiger partial charge in [0.1, 0.15) is 12.0 Å². The summed E-state index contributed by atoms with van der Waals surface area (Å²) < 4.78 is 0. The number of aliphatic carboxylic acids is 1. The lowest BCUT2D eigenvalue weighted by Gasteiger charge is -2.39. The SMILES string of the molecule is O=C(O)C1(c2ccccc2)CCN(c2ccc([N+](=O)[O-])cn2)CC1. The Hall–Kier alpha value is -2.96. The van der Waals surface area contributed by atoms with Crippen molar-refractivity contribution in [3.63, 3.8) is 0 Å². The summed E-state index contributed by atoms with van der Waals surface area (Å²) in [6.45, 7) is 1.07. The van der Waals surface area contributed by atoms with Gasteiger partial charge in [-0.05, 0) is 24.5 Å². The van der Waals surface area contributed by atoms with Gasteiger partial charge >= 0.3 is 5.97 Å². The van der Waals surface area contributed by atoms with Gasteiger partial charge in [0.05, 0.1) is 10.3 Å². The van der Waals surface area contributed by atoms with E-state index in [9.17, 15) is 20.0 Å². The summed E-state index contributed by atoms with van der Waals surface area (Å²) in [6, 6.07) is 12.3. The summed E-state index contributed by atoms with van der Waals surface area (Å²) in [5.41, 5.74) is -0.132. The van der Waals surface area contributed by atoms with Crippen LogP contribution in [0.1, 0.15) is 18.4 Å². The maximum Gasteiger partial charge on any atom is 0.314 e. The molecule has 0 atom stereocenters. The Morgan fingerprint density at radius 3 is 2.33 bits per heavy atom. The molecule has 124 valence electrons. The van der Waals surface area contributed by atoms with Crippen LogP contribution in [0, 0.1) is 10.1 Å². The Morgan fingerprint density at radius 1 is 1.17 bits per heavy atom. The molecule has 0 spiro atoms. The standard InChI is InChI=1S/C17H17N3O4/c21-16(22)17(13-4-2-1-3-5-13)8-10-19(11-9-17)15-7-6-14(12-18-15)20(23)24/h1-7,12H,8-11H2,(H,21,22). The van der Waals surface area contributed by atoms with Crippen molar-refractivity contribution in [1.29, 1.82) is 0 Å². The molecule has 3 rings (SSSR count). The molecule has 1 fully saturated rings. The number of piperidine rings is 1. The highest BCUT2D eigenvalue weighted by atomic mass is 16.6. The lowest BCUT2D eigenvalue weighted by molar-refractivity contribution is -0.385. The van der Waals surface area contributed by atoms with Crippen molar-refractivity contribution in [2.75, 3.05) is 18.0 Å². The number of benzene rings is 1.